The first-order chi connectivity index (χ1) is 14.2. The minimum Gasteiger partial charge on any atom is -0.481 e. The van der Waals surface area contributed by atoms with Crippen molar-refractivity contribution < 1.29 is 24.5 Å². The van der Waals surface area contributed by atoms with E-state index in [9.17, 15) is 9.59 Å². The minimum atomic E-state index is -0.905. The van der Waals surface area contributed by atoms with Gasteiger partial charge in [-0.15, -0.1) is 0 Å². The molecule has 168 valence electrons. The van der Waals surface area contributed by atoms with Gasteiger partial charge in [-0.2, -0.15) is 0 Å². The normalized spacial score (nSPS) is 11.1. The number of rotatable bonds is 10. The number of aliphatic hydroxyl groups is 1. The number of hydrogen-bond acceptors (Lipinski definition) is 5. The number of aromatic nitrogens is 1. The van der Waals surface area contributed by atoms with E-state index < -0.39 is 11.9 Å². The molecule has 1 aromatic heterocycles. The van der Waals surface area contributed by atoms with Gasteiger partial charge in [0.1, 0.15) is 5.75 Å². The number of aliphatic hydroxyl groups excluding tert-OH is 1. The number of hydrogen-bond donors (Lipinski definition) is 3. The van der Waals surface area contributed by atoms with Crippen molar-refractivity contribution in [2.45, 2.75) is 72.4 Å². The Bertz CT molecular complexity index is 790. The lowest BCUT2D eigenvalue weighted by atomic mass is 10.1. The van der Waals surface area contributed by atoms with E-state index in [0.717, 1.165) is 29.4 Å². The first-order valence-corrected chi connectivity index (χ1v) is 10.6. The first-order valence-electron chi connectivity index (χ1n) is 10.6. The fourth-order valence-corrected chi connectivity index (χ4v) is 3.42. The average molecular weight is 421 g/mol. The van der Waals surface area contributed by atoms with Gasteiger partial charge in [-0.25, -0.2) is 0 Å². The van der Waals surface area contributed by atoms with E-state index >= 15 is 0 Å². The van der Waals surface area contributed by atoms with Gasteiger partial charge < -0.3 is 19.9 Å². The van der Waals surface area contributed by atoms with Crippen LogP contribution in [0.1, 0.15) is 59.4 Å². The summed E-state index contributed by atoms with van der Waals surface area (Å²) in [5.74, 6) is -0.774. The van der Waals surface area contributed by atoms with Gasteiger partial charge in [-0.3, -0.25) is 14.5 Å². The van der Waals surface area contributed by atoms with E-state index in [1.54, 1.807) is 13.0 Å². The molecule has 0 bridgehead atoms. The van der Waals surface area contributed by atoms with E-state index in [1.165, 1.54) is 0 Å². The summed E-state index contributed by atoms with van der Waals surface area (Å²) < 4.78 is 5.54. The zero-order valence-corrected chi connectivity index (χ0v) is 18.8. The van der Waals surface area contributed by atoms with E-state index in [2.05, 4.69) is 37.6 Å². The molecule has 0 saturated carbocycles. The fraction of sp³-hybridized carbons (Fsp3) is 0.565. The molecule has 30 heavy (non-hydrogen) atoms. The summed E-state index contributed by atoms with van der Waals surface area (Å²) in [5, 5.41) is 17.2. The maximum atomic E-state index is 12.1. The highest BCUT2D eigenvalue weighted by Gasteiger charge is 2.17. The first kappa shape index (κ1) is 25.7. The number of esters is 1. The summed E-state index contributed by atoms with van der Waals surface area (Å²) in [4.78, 5) is 28.4. The molecule has 2 rings (SSSR count). The molecule has 1 heterocycles. The number of aliphatic carboxylic acids is 1. The Kier molecular flexibility index (Phi) is 11.1. The standard InChI is InChI=1S/C21H30N2O4.C2H6O/c1-14(2)23(15(3)4)12-11-16-13-22-17-7-5-8-18(21(16)17)27-20(26)10-6-9-19(24)25;1-2-3/h5,7-8,13-15,22H,6,9-12H2,1-4H3,(H,24,25);3H,2H2,1H3. The highest BCUT2D eigenvalue weighted by Crippen LogP contribution is 2.30. The molecule has 0 spiro atoms. The molecule has 0 saturated heterocycles. The van der Waals surface area contributed by atoms with Crippen molar-refractivity contribution in [2.24, 2.45) is 0 Å². The molecular weight excluding hydrogens is 384 g/mol. The number of carboxylic acid groups (broad SMARTS) is 1. The summed E-state index contributed by atoms with van der Waals surface area (Å²) in [6.07, 6.45) is 3.17. The summed E-state index contributed by atoms with van der Waals surface area (Å²) in [6.45, 7) is 11.6. The number of fused-ring (bicyclic) bond motifs is 1. The van der Waals surface area contributed by atoms with Crippen LogP contribution in [0.2, 0.25) is 0 Å². The van der Waals surface area contributed by atoms with Crippen LogP contribution in [0.25, 0.3) is 10.9 Å². The predicted octanol–water partition coefficient (Wildman–Crippen LogP) is 3.99. The second-order valence-electron chi connectivity index (χ2n) is 7.71. The molecule has 0 aliphatic carbocycles. The second-order valence-corrected chi connectivity index (χ2v) is 7.71. The number of benzene rings is 1. The Balaban J connectivity index is 0.00000141. The number of ether oxygens (including phenoxy) is 1. The summed E-state index contributed by atoms with van der Waals surface area (Å²) in [5.41, 5.74) is 2.05. The topological polar surface area (TPSA) is 103 Å². The van der Waals surface area contributed by atoms with Crippen LogP contribution in [0.4, 0.5) is 0 Å². The fourth-order valence-electron chi connectivity index (χ4n) is 3.42. The molecule has 0 unspecified atom stereocenters. The Morgan fingerprint density at radius 2 is 1.77 bits per heavy atom. The number of H-pyrrole nitrogens is 1. The molecule has 0 atom stereocenters. The molecule has 7 heteroatoms. The molecular formula is C23H36N2O5. The van der Waals surface area contributed by atoms with Crippen molar-refractivity contribution in [1.82, 2.24) is 9.88 Å². The third-order valence-electron chi connectivity index (χ3n) is 4.71. The van der Waals surface area contributed by atoms with E-state index in [4.69, 9.17) is 14.9 Å². The monoisotopic (exact) mass is 420 g/mol. The number of carboxylic acids is 1. The van der Waals surface area contributed by atoms with E-state index in [1.807, 2.05) is 18.3 Å². The SMILES string of the molecule is CC(C)N(CCc1c[nH]c2cccc(OC(=O)CCCC(=O)O)c12)C(C)C.CCO. The van der Waals surface area contributed by atoms with Gasteiger partial charge in [0.25, 0.3) is 0 Å². The zero-order chi connectivity index (χ0) is 22.7. The van der Waals surface area contributed by atoms with E-state index in [0.29, 0.717) is 17.8 Å². The van der Waals surface area contributed by atoms with Crippen molar-refractivity contribution >= 4 is 22.8 Å². The maximum absolute atomic E-state index is 12.1. The lowest BCUT2D eigenvalue weighted by Crippen LogP contribution is -2.38. The Morgan fingerprint density at radius 1 is 1.13 bits per heavy atom. The molecule has 3 N–H and O–H groups in total. The quantitative estimate of drug-likeness (QED) is 0.397. The van der Waals surface area contributed by atoms with Crippen molar-refractivity contribution in [2.75, 3.05) is 13.2 Å². The number of nitrogens with one attached hydrogen (secondary N) is 1. The van der Waals surface area contributed by atoms with Gasteiger partial charge in [-0.1, -0.05) is 6.07 Å². The molecule has 0 radical (unpaired) electrons. The lowest BCUT2D eigenvalue weighted by molar-refractivity contribution is -0.137. The van der Waals surface area contributed by atoms with Crippen LogP contribution in [-0.2, 0) is 16.0 Å². The lowest BCUT2D eigenvalue weighted by Gasteiger charge is -2.30. The van der Waals surface area contributed by atoms with Crippen LogP contribution in [0.15, 0.2) is 24.4 Å². The Labute approximate surface area is 179 Å². The van der Waals surface area contributed by atoms with Gasteiger partial charge in [-0.05, 0) is 65.2 Å². The summed E-state index contributed by atoms with van der Waals surface area (Å²) in [6, 6.07) is 6.51. The van der Waals surface area contributed by atoms with Crippen LogP contribution < -0.4 is 4.74 Å². The van der Waals surface area contributed by atoms with Gasteiger partial charge in [0.2, 0.25) is 0 Å². The van der Waals surface area contributed by atoms with Crippen molar-refractivity contribution in [3.8, 4) is 5.75 Å². The summed E-state index contributed by atoms with van der Waals surface area (Å²) in [7, 11) is 0. The molecule has 0 fully saturated rings. The Hall–Kier alpha value is -2.38. The van der Waals surface area contributed by atoms with Crippen LogP contribution in [0.3, 0.4) is 0 Å². The number of carbonyl (C=O) groups excluding carboxylic acids is 1. The van der Waals surface area contributed by atoms with Gasteiger partial charge in [0.05, 0.1) is 0 Å². The number of nitrogens with zero attached hydrogens (tertiary/aromatic N) is 1. The van der Waals surface area contributed by atoms with E-state index in [-0.39, 0.29) is 25.9 Å². The minimum absolute atomic E-state index is 0.0328. The molecule has 0 aliphatic heterocycles. The van der Waals surface area contributed by atoms with Gasteiger partial charge >= 0.3 is 11.9 Å². The number of carbonyl (C=O) groups is 2. The zero-order valence-electron chi connectivity index (χ0n) is 18.8. The van der Waals surface area contributed by atoms with Crippen molar-refractivity contribution in [1.29, 1.82) is 0 Å². The largest absolute Gasteiger partial charge is 0.481 e. The second kappa shape index (κ2) is 13.0. The molecule has 2 aromatic rings. The van der Waals surface area contributed by atoms with Gasteiger partial charge in [0, 0.05) is 55.2 Å². The molecule has 0 aliphatic rings. The van der Waals surface area contributed by atoms with Gasteiger partial charge in [0.15, 0.2) is 0 Å². The third-order valence-corrected chi connectivity index (χ3v) is 4.71. The highest BCUT2D eigenvalue weighted by molar-refractivity contribution is 5.91. The van der Waals surface area contributed by atoms with Crippen molar-refractivity contribution in [3.63, 3.8) is 0 Å². The van der Waals surface area contributed by atoms with Crippen LogP contribution in [-0.4, -0.2) is 57.3 Å². The van der Waals surface area contributed by atoms with Crippen LogP contribution in [0.5, 0.6) is 5.75 Å². The predicted molar refractivity (Wildman–Crippen MR) is 119 cm³/mol. The van der Waals surface area contributed by atoms with Crippen molar-refractivity contribution in [3.05, 3.63) is 30.0 Å². The third kappa shape index (κ3) is 8.16. The Morgan fingerprint density at radius 3 is 2.33 bits per heavy atom. The molecule has 0 amide bonds. The average Bonchev–Trinajstić information content (AvgIpc) is 3.06. The van der Waals surface area contributed by atoms with Crippen LogP contribution in [0, 0.1) is 0 Å². The number of aromatic amines is 1. The van der Waals surface area contributed by atoms with Crippen LogP contribution >= 0.6 is 0 Å². The summed E-state index contributed by atoms with van der Waals surface area (Å²) >= 11 is 0. The highest BCUT2D eigenvalue weighted by atomic mass is 16.5. The molecule has 7 nitrogen and oxygen atoms in total. The smallest absolute Gasteiger partial charge is 0.311 e. The molecule has 1 aromatic carbocycles. The maximum Gasteiger partial charge on any atom is 0.311 e.